The molecule has 0 bridgehead atoms. The molecule has 2 heterocycles. The summed E-state index contributed by atoms with van der Waals surface area (Å²) in [4.78, 5) is 32.1. The van der Waals surface area contributed by atoms with Crippen LogP contribution in [-0.4, -0.2) is 28.4 Å². The number of halogens is 1. The Hall–Kier alpha value is -3.62. The molecule has 7 nitrogen and oxygen atoms in total. The number of phenolic OH excluding ortho intramolecular Hbond substituents is 1. The number of rotatable bonds is 8. The van der Waals surface area contributed by atoms with Crippen molar-refractivity contribution in [2.45, 2.75) is 46.3 Å². The third-order valence-corrected chi connectivity index (χ3v) is 7.25. The number of hydrogen-bond donors (Lipinski definition) is 1. The minimum Gasteiger partial charge on any atom is -0.504 e. The SMILES string of the molecule is C=CCc1cc(C=c2sc3n(c2=O)C(c2ccccc2Cl)C(C(=O)OC(C)C)=C(C)N=3)cc(OCC)c1O. The minimum atomic E-state index is -0.802. The van der Waals surface area contributed by atoms with Crippen LogP contribution in [0.1, 0.15) is 50.4 Å². The van der Waals surface area contributed by atoms with E-state index in [2.05, 4.69) is 11.6 Å². The van der Waals surface area contributed by atoms with E-state index in [1.54, 1.807) is 63.3 Å². The molecule has 0 spiro atoms. The Balaban J connectivity index is 1.95. The second-order valence-electron chi connectivity index (χ2n) is 9.01. The van der Waals surface area contributed by atoms with Crippen molar-refractivity contribution in [2.75, 3.05) is 6.61 Å². The summed E-state index contributed by atoms with van der Waals surface area (Å²) < 4.78 is 13.0. The van der Waals surface area contributed by atoms with E-state index < -0.39 is 12.0 Å². The van der Waals surface area contributed by atoms with Gasteiger partial charge in [-0.3, -0.25) is 9.36 Å². The molecular weight excluding hydrogens is 524 g/mol. The van der Waals surface area contributed by atoms with E-state index in [0.717, 1.165) is 0 Å². The van der Waals surface area contributed by atoms with Gasteiger partial charge in [-0.05, 0) is 69.5 Å². The molecule has 1 atom stereocenters. The molecule has 4 rings (SSSR count). The molecule has 0 aliphatic carbocycles. The van der Waals surface area contributed by atoms with Gasteiger partial charge in [0.05, 0.1) is 28.5 Å². The van der Waals surface area contributed by atoms with Crippen LogP contribution in [0, 0.1) is 0 Å². The van der Waals surface area contributed by atoms with Crippen molar-refractivity contribution in [3.63, 3.8) is 0 Å². The zero-order chi connectivity index (χ0) is 27.6. The van der Waals surface area contributed by atoms with E-state index in [0.29, 0.717) is 55.5 Å². The van der Waals surface area contributed by atoms with Crippen molar-refractivity contribution in [2.24, 2.45) is 4.99 Å². The third-order valence-electron chi connectivity index (χ3n) is 5.92. The van der Waals surface area contributed by atoms with Crippen LogP contribution >= 0.6 is 22.9 Å². The summed E-state index contributed by atoms with van der Waals surface area (Å²) in [7, 11) is 0. The average molecular weight is 553 g/mol. The highest BCUT2D eigenvalue weighted by Gasteiger charge is 2.34. The van der Waals surface area contributed by atoms with Gasteiger partial charge in [-0.25, -0.2) is 9.79 Å². The zero-order valence-corrected chi connectivity index (χ0v) is 23.2. The lowest BCUT2D eigenvalue weighted by Crippen LogP contribution is -2.40. The van der Waals surface area contributed by atoms with E-state index in [1.165, 1.54) is 15.9 Å². The van der Waals surface area contributed by atoms with Crippen LogP contribution in [0.3, 0.4) is 0 Å². The van der Waals surface area contributed by atoms with Gasteiger partial charge in [0.15, 0.2) is 16.3 Å². The zero-order valence-electron chi connectivity index (χ0n) is 21.7. The lowest BCUT2D eigenvalue weighted by atomic mass is 9.96. The number of hydrogen-bond acceptors (Lipinski definition) is 7. The van der Waals surface area contributed by atoms with Gasteiger partial charge in [0.1, 0.15) is 6.04 Å². The maximum Gasteiger partial charge on any atom is 0.338 e. The number of phenols is 1. The molecule has 0 fully saturated rings. The second kappa shape index (κ2) is 11.4. The second-order valence-corrected chi connectivity index (χ2v) is 10.4. The number of thiazole rings is 1. The topological polar surface area (TPSA) is 90.1 Å². The number of carbonyl (C=O) groups is 1. The quantitative estimate of drug-likeness (QED) is 0.324. The first-order valence-electron chi connectivity index (χ1n) is 12.2. The lowest BCUT2D eigenvalue weighted by Gasteiger charge is -2.26. The molecule has 1 aliphatic heterocycles. The van der Waals surface area contributed by atoms with Crippen LogP contribution in [0.15, 0.2) is 70.1 Å². The van der Waals surface area contributed by atoms with Crippen LogP contribution in [0.4, 0.5) is 0 Å². The largest absolute Gasteiger partial charge is 0.504 e. The highest BCUT2D eigenvalue weighted by atomic mass is 35.5. The molecular formula is C29H29ClN2O5S. The molecule has 1 N–H and O–H groups in total. The molecule has 3 aromatic rings. The van der Waals surface area contributed by atoms with Crippen LogP contribution in [-0.2, 0) is 16.0 Å². The first kappa shape index (κ1) is 27.4. The van der Waals surface area contributed by atoms with E-state index >= 15 is 0 Å². The minimum absolute atomic E-state index is 0.0491. The normalized spacial score (nSPS) is 15.3. The number of aromatic nitrogens is 1. The van der Waals surface area contributed by atoms with Crippen molar-refractivity contribution in [3.8, 4) is 11.5 Å². The first-order chi connectivity index (χ1) is 18.2. The van der Waals surface area contributed by atoms with Gasteiger partial charge in [-0.15, -0.1) is 6.58 Å². The average Bonchev–Trinajstić information content (AvgIpc) is 3.15. The number of nitrogens with zero attached hydrogens (tertiary/aromatic N) is 2. The van der Waals surface area contributed by atoms with Crippen molar-refractivity contribution in [1.29, 1.82) is 0 Å². The van der Waals surface area contributed by atoms with Crippen LogP contribution in [0.25, 0.3) is 6.08 Å². The van der Waals surface area contributed by atoms with E-state index in [9.17, 15) is 14.7 Å². The summed E-state index contributed by atoms with van der Waals surface area (Å²) in [6.45, 7) is 11.2. The van der Waals surface area contributed by atoms with E-state index in [-0.39, 0.29) is 23.0 Å². The summed E-state index contributed by atoms with van der Waals surface area (Å²) in [6.07, 6.45) is 3.50. The predicted molar refractivity (Wildman–Crippen MR) is 150 cm³/mol. The number of benzene rings is 2. The highest BCUT2D eigenvalue weighted by molar-refractivity contribution is 7.07. The molecule has 0 amide bonds. The fourth-order valence-corrected chi connectivity index (χ4v) is 5.64. The molecule has 1 unspecified atom stereocenters. The number of ether oxygens (including phenoxy) is 2. The summed E-state index contributed by atoms with van der Waals surface area (Å²) >= 11 is 7.79. The summed E-state index contributed by atoms with van der Waals surface area (Å²) in [5.41, 5.74) is 2.32. The van der Waals surface area contributed by atoms with Crippen LogP contribution < -0.4 is 19.6 Å². The molecule has 38 heavy (non-hydrogen) atoms. The van der Waals surface area contributed by atoms with E-state index in [4.69, 9.17) is 21.1 Å². The number of aromatic hydroxyl groups is 1. The third kappa shape index (κ3) is 5.33. The van der Waals surface area contributed by atoms with Gasteiger partial charge in [-0.1, -0.05) is 47.2 Å². The Bertz CT molecular complexity index is 1620. The monoisotopic (exact) mass is 552 g/mol. The van der Waals surface area contributed by atoms with Crippen LogP contribution in [0.2, 0.25) is 5.02 Å². The Morgan fingerprint density at radius 3 is 2.71 bits per heavy atom. The maximum atomic E-state index is 13.9. The first-order valence-corrected chi connectivity index (χ1v) is 13.4. The summed E-state index contributed by atoms with van der Waals surface area (Å²) in [5, 5.41) is 11.0. The van der Waals surface area contributed by atoms with Gasteiger partial charge in [-0.2, -0.15) is 0 Å². The summed E-state index contributed by atoms with van der Waals surface area (Å²) in [5.74, 6) is -0.170. The number of carbonyl (C=O) groups excluding carboxylic acids is 1. The van der Waals surface area contributed by atoms with E-state index in [1.807, 2.05) is 13.0 Å². The van der Waals surface area contributed by atoms with Gasteiger partial charge in [0.2, 0.25) is 0 Å². The predicted octanol–water partition coefficient (Wildman–Crippen LogP) is 4.67. The van der Waals surface area contributed by atoms with Gasteiger partial charge < -0.3 is 14.6 Å². The Morgan fingerprint density at radius 2 is 2.05 bits per heavy atom. The molecule has 9 heteroatoms. The maximum absolute atomic E-state index is 13.9. The molecule has 0 radical (unpaired) electrons. The standard InChI is InChI=1S/C29H29ClN2O5S/c1-6-10-19-13-18(14-22(26(19)33)36-7-2)15-23-27(34)32-25(20-11-8-9-12-21(20)30)24(28(35)37-16(3)4)17(5)31-29(32)38-23/h6,8-9,11-16,25,33H,1,7,10H2,2-5H3. The fourth-order valence-electron chi connectivity index (χ4n) is 4.35. The highest BCUT2D eigenvalue weighted by Crippen LogP contribution is 2.35. The smallest absolute Gasteiger partial charge is 0.338 e. The fraction of sp³-hybridized carbons (Fsp3) is 0.276. The van der Waals surface area contributed by atoms with Crippen LogP contribution in [0.5, 0.6) is 11.5 Å². The molecule has 198 valence electrons. The van der Waals surface area contributed by atoms with Gasteiger partial charge >= 0.3 is 5.97 Å². The Morgan fingerprint density at radius 1 is 1.32 bits per heavy atom. The number of fused-ring (bicyclic) bond motifs is 1. The molecule has 1 aromatic heterocycles. The lowest BCUT2D eigenvalue weighted by molar-refractivity contribution is -0.143. The molecule has 2 aromatic carbocycles. The summed E-state index contributed by atoms with van der Waals surface area (Å²) in [6, 6.07) is 9.79. The molecule has 0 saturated heterocycles. The van der Waals surface area contributed by atoms with Gasteiger partial charge in [0.25, 0.3) is 5.56 Å². The van der Waals surface area contributed by atoms with Crippen molar-refractivity contribution in [3.05, 3.63) is 102 Å². The molecule has 1 aliphatic rings. The Labute approximate surface area is 229 Å². The van der Waals surface area contributed by atoms with Gasteiger partial charge in [0, 0.05) is 10.6 Å². The van der Waals surface area contributed by atoms with Crippen molar-refractivity contribution < 1.29 is 19.4 Å². The van der Waals surface area contributed by atoms with Crippen molar-refractivity contribution in [1.82, 2.24) is 4.57 Å². The number of allylic oxidation sites excluding steroid dienone is 2. The van der Waals surface area contributed by atoms with Crippen molar-refractivity contribution >= 4 is 35.0 Å². The Kier molecular flexibility index (Phi) is 8.23. The molecule has 0 saturated carbocycles. The number of esters is 1.